The summed E-state index contributed by atoms with van der Waals surface area (Å²) in [6.07, 6.45) is 4.64. The molecule has 0 radical (unpaired) electrons. The van der Waals surface area contributed by atoms with Gasteiger partial charge >= 0.3 is 0 Å². The van der Waals surface area contributed by atoms with Gasteiger partial charge in [0, 0.05) is 11.1 Å². The van der Waals surface area contributed by atoms with Crippen molar-refractivity contribution in [1.29, 1.82) is 0 Å². The van der Waals surface area contributed by atoms with E-state index in [4.69, 9.17) is 14.2 Å². The van der Waals surface area contributed by atoms with E-state index in [1.165, 1.54) is 7.11 Å². The molecule has 0 saturated heterocycles. The summed E-state index contributed by atoms with van der Waals surface area (Å²) in [4.78, 5) is 11.2. The van der Waals surface area contributed by atoms with Gasteiger partial charge in [-0.3, -0.25) is 4.79 Å². The van der Waals surface area contributed by atoms with Crippen LogP contribution in [0.25, 0.3) is 6.08 Å². The number of carbonyl (C=O) groups is 1. The standard InChI is InChI=1S/C15H18O4/c1-9(2)12-6-5-11-10(8-16)7-13(17-3)15(18-4)14(11)19-12/h5-9,12H,1-4H3. The lowest BCUT2D eigenvalue weighted by Crippen LogP contribution is -2.23. The Morgan fingerprint density at radius 3 is 2.58 bits per heavy atom. The monoisotopic (exact) mass is 262 g/mol. The van der Waals surface area contributed by atoms with Gasteiger partial charge in [0.1, 0.15) is 6.10 Å². The van der Waals surface area contributed by atoms with Crippen molar-refractivity contribution in [3.63, 3.8) is 0 Å². The minimum Gasteiger partial charge on any atom is -0.493 e. The Hall–Kier alpha value is -1.97. The molecule has 1 aromatic carbocycles. The van der Waals surface area contributed by atoms with E-state index in [9.17, 15) is 4.79 Å². The molecule has 1 aromatic rings. The van der Waals surface area contributed by atoms with Crippen molar-refractivity contribution in [3.8, 4) is 17.2 Å². The Kier molecular flexibility index (Phi) is 3.79. The quantitative estimate of drug-likeness (QED) is 0.783. The molecule has 4 heteroatoms. The highest BCUT2D eigenvalue weighted by Gasteiger charge is 2.26. The van der Waals surface area contributed by atoms with Crippen LogP contribution >= 0.6 is 0 Å². The van der Waals surface area contributed by atoms with Crippen LogP contribution < -0.4 is 14.2 Å². The first-order valence-corrected chi connectivity index (χ1v) is 6.21. The second kappa shape index (κ2) is 5.34. The number of carbonyl (C=O) groups excluding carboxylic acids is 1. The summed E-state index contributed by atoms with van der Waals surface area (Å²) in [7, 11) is 3.10. The van der Waals surface area contributed by atoms with Crippen LogP contribution in [0.4, 0.5) is 0 Å². The maximum Gasteiger partial charge on any atom is 0.203 e. The first-order chi connectivity index (χ1) is 9.12. The summed E-state index contributed by atoms with van der Waals surface area (Å²) in [6, 6.07) is 1.66. The van der Waals surface area contributed by atoms with Gasteiger partial charge < -0.3 is 14.2 Å². The Labute approximate surface area is 113 Å². The molecule has 1 atom stereocenters. The topological polar surface area (TPSA) is 44.8 Å². The van der Waals surface area contributed by atoms with Crippen LogP contribution in [0.2, 0.25) is 0 Å². The van der Waals surface area contributed by atoms with Crippen LogP contribution in [0.15, 0.2) is 12.1 Å². The average molecular weight is 262 g/mol. The molecular weight excluding hydrogens is 244 g/mol. The molecule has 0 fully saturated rings. The highest BCUT2D eigenvalue weighted by molar-refractivity contribution is 5.87. The molecule has 0 spiro atoms. The molecule has 4 nitrogen and oxygen atoms in total. The molecule has 1 aliphatic heterocycles. The minimum atomic E-state index is -0.0343. The normalized spacial score (nSPS) is 16.8. The molecule has 2 rings (SSSR count). The van der Waals surface area contributed by atoms with Crippen molar-refractivity contribution in [2.75, 3.05) is 14.2 Å². The average Bonchev–Trinajstić information content (AvgIpc) is 2.44. The fourth-order valence-corrected chi connectivity index (χ4v) is 2.11. The van der Waals surface area contributed by atoms with Crippen molar-refractivity contribution < 1.29 is 19.0 Å². The van der Waals surface area contributed by atoms with Gasteiger partial charge in [-0.05, 0) is 18.1 Å². The molecular formula is C15H18O4. The molecule has 0 bridgehead atoms. The third kappa shape index (κ3) is 2.30. The Bertz CT molecular complexity index is 517. The first kappa shape index (κ1) is 13.5. The third-order valence-corrected chi connectivity index (χ3v) is 3.19. The van der Waals surface area contributed by atoms with Gasteiger partial charge in [-0.1, -0.05) is 19.9 Å². The van der Waals surface area contributed by atoms with Crippen LogP contribution in [0, 0.1) is 5.92 Å². The highest BCUT2D eigenvalue weighted by Crippen LogP contribution is 2.45. The summed E-state index contributed by atoms with van der Waals surface area (Å²) >= 11 is 0. The van der Waals surface area contributed by atoms with E-state index in [2.05, 4.69) is 13.8 Å². The van der Waals surface area contributed by atoms with Gasteiger partial charge in [0.15, 0.2) is 17.8 Å². The van der Waals surface area contributed by atoms with Gasteiger partial charge in [-0.15, -0.1) is 0 Å². The summed E-state index contributed by atoms with van der Waals surface area (Å²) in [5.41, 5.74) is 1.27. The number of benzene rings is 1. The van der Waals surface area contributed by atoms with E-state index in [1.54, 1.807) is 13.2 Å². The largest absolute Gasteiger partial charge is 0.493 e. The summed E-state index contributed by atoms with van der Waals surface area (Å²) in [5, 5.41) is 0. The van der Waals surface area contributed by atoms with Gasteiger partial charge in [-0.25, -0.2) is 0 Å². The van der Waals surface area contributed by atoms with E-state index in [1.807, 2.05) is 12.2 Å². The van der Waals surface area contributed by atoms with Crippen molar-refractivity contribution in [3.05, 3.63) is 23.3 Å². The molecule has 0 saturated carbocycles. The molecule has 0 aliphatic carbocycles. The second-order valence-electron chi connectivity index (χ2n) is 4.75. The van der Waals surface area contributed by atoms with Gasteiger partial charge in [-0.2, -0.15) is 0 Å². The predicted octanol–water partition coefficient (Wildman–Crippen LogP) is 2.95. The first-order valence-electron chi connectivity index (χ1n) is 6.21. The number of methoxy groups -OCH3 is 2. The summed E-state index contributed by atoms with van der Waals surface area (Å²) in [6.45, 7) is 4.15. The Balaban J connectivity index is 2.61. The lowest BCUT2D eigenvalue weighted by Gasteiger charge is -2.27. The number of fused-ring (bicyclic) bond motifs is 1. The lowest BCUT2D eigenvalue weighted by molar-refractivity contribution is 0.112. The molecule has 0 aromatic heterocycles. The lowest BCUT2D eigenvalue weighted by atomic mass is 9.98. The number of aldehydes is 1. The van der Waals surface area contributed by atoms with Crippen molar-refractivity contribution >= 4 is 12.4 Å². The number of hydrogen-bond donors (Lipinski definition) is 0. The van der Waals surface area contributed by atoms with E-state index in [0.29, 0.717) is 28.7 Å². The zero-order valence-electron chi connectivity index (χ0n) is 11.6. The van der Waals surface area contributed by atoms with E-state index in [0.717, 1.165) is 11.8 Å². The Morgan fingerprint density at radius 1 is 1.32 bits per heavy atom. The van der Waals surface area contributed by atoms with E-state index in [-0.39, 0.29) is 6.10 Å². The second-order valence-corrected chi connectivity index (χ2v) is 4.75. The van der Waals surface area contributed by atoms with Crippen LogP contribution in [-0.4, -0.2) is 26.6 Å². The molecule has 1 unspecified atom stereocenters. The molecule has 0 amide bonds. The molecule has 1 aliphatic rings. The van der Waals surface area contributed by atoms with Crippen molar-refractivity contribution in [1.82, 2.24) is 0 Å². The number of hydrogen-bond acceptors (Lipinski definition) is 4. The molecule has 0 N–H and O–H groups in total. The van der Waals surface area contributed by atoms with Crippen LogP contribution in [0.3, 0.4) is 0 Å². The summed E-state index contributed by atoms with van der Waals surface area (Å²) < 4.78 is 16.6. The fraction of sp³-hybridized carbons (Fsp3) is 0.400. The van der Waals surface area contributed by atoms with Crippen molar-refractivity contribution in [2.24, 2.45) is 5.92 Å². The highest BCUT2D eigenvalue weighted by atomic mass is 16.5. The van der Waals surface area contributed by atoms with Crippen LogP contribution in [-0.2, 0) is 0 Å². The van der Waals surface area contributed by atoms with E-state index < -0.39 is 0 Å². The maximum absolute atomic E-state index is 11.2. The van der Waals surface area contributed by atoms with Crippen LogP contribution in [0.5, 0.6) is 17.2 Å². The Morgan fingerprint density at radius 2 is 2.05 bits per heavy atom. The maximum atomic E-state index is 11.2. The fourth-order valence-electron chi connectivity index (χ4n) is 2.11. The minimum absolute atomic E-state index is 0.0343. The smallest absolute Gasteiger partial charge is 0.203 e. The summed E-state index contributed by atoms with van der Waals surface area (Å²) in [5.74, 6) is 1.93. The van der Waals surface area contributed by atoms with Gasteiger partial charge in [0.05, 0.1) is 14.2 Å². The third-order valence-electron chi connectivity index (χ3n) is 3.19. The molecule has 19 heavy (non-hydrogen) atoms. The van der Waals surface area contributed by atoms with Crippen molar-refractivity contribution in [2.45, 2.75) is 20.0 Å². The predicted molar refractivity (Wildman–Crippen MR) is 73.2 cm³/mol. The zero-order valence-corrected chi connectivity index (χ0v) is 11.6. The van der Waals surface area contributed by atoms with Gasteiger partial charge in [0.25, 0.3) is 0 Å². The molecule has 1 heterocycles. The SMILES string of the molecule is COc1cc(C=O)c2c(c1OC)OC(C(C)C)C=C2. The van der Waals surface area contributed by atoms with Gasteiger partial charge in [0.2, 0.25) is 5.75 Å². The van der Waals surface area contributed by atoms with E-state index >= 15 is 0 Å². The van der Waals surface area contributed by atoms with Crippen LogP contribution in [0.1, 0.15) is 29.8 Å². The molecule has 102 valence electrons. The zero-order chi connectivity index (χ0) is 14.0. The number of rotatable bonds is 4. The number of ether oxygens (including phenoxy) is 3.